The summed E-state index contributed by atoms with van der Waals surface area (Å²) in [5.41, 5.74) is 0.594. The van der Waals surface area contributed by atoms with E-state index in [-0.39, 0.29) is 5.91 Å². The predicted molar refractivity (Wildman–Crippen MR) is 85.4 cm³/mol. The summed E-state index contributed by atoms with van der Waals surface area (Å²) >= 11 is 9.30. The normalized spacial score (nSPS) is 17.1. The van der Waals surface area contributed by atoms with Crippen molar-refractivity contribution in [3.05, 3.63) is 33.3 Å². The molecule has 0 unspecified atom stereocenters. The molecule has 4 nitrogen and oxygen atoms in total. The van der Waals surface area contributed by atoms with E-state index < -0.39 is 0 Å². The van der Waals surface area contributed by atoms with Gasteiger partial charge in [0.1, 0.15) is 0 Å². The average Bonchev–Trinajstić information content (AvgIpc) is 2.44. The number of amides is 1. The molecule has 0 radical (unpaired) electrons. The zero-order valence-corrected chi connectivity index (χ0v) is 13.9. The van der Waals surface area contributed by atoms with Gasteiger partial charge in [-0.25, -0.2) is 0 Å². The molecule has 1 aromatic carbocycles. The molecule has 0 aliphatic carbocycles. The highest BCUT2D eigenvalue weighted by molar-refractivity contribution is 9.10. The highest BCUT2D eigenvalue weighted by Gasteiger charge is 2.13. The van der Waals surface area contributed by atoms with Gasteiger partial charge in [0.25, 0.3) is 5.91 Å². The van der Waals surface area contributed by atoms with Crippen molar-refractivity contribution < 1.29 is 4.79 Å². The van der Waals surface area contributed by atoms with E-state index in [1.165, 1.54) is 0 Å². The van der Waals surface area contributed by atoms with Crippen molar-refractivity contribution in [2.45, 2.75) is 0 Å². The molecule has 20 heavy (non-hydrogen) atoms. The molecule has 1 amide bonds. The van der Waals surface area contributed by atoms with Gasteiger partial charge in [-0.2, -0.15) is 0 Å². The third-order valence-corrected chi connectivity index (χ3v) is 4.72. The van der Waals surface area contributed by atoms with Crippen LogP contribution in [-0.2, 0) is 0 Å². The predicted octanol–water partition coefficient (Wildman–Crippen LogP) is 2.08. The maximum atomic E-state index is 12.0. The number of halogens is 2. The number of benzene rings is 1. The Balaban J connectivity index is 1.76. The maximum Gasteiger partial charge on any atom is 0.251 e. The van der Waals surface area contributed by atoms with Crippen molar-refractivity contribution in [3.8, 4) is 0 Å². The number of piperazine rings is 1. The third-order valence-electron chi connectivity index (χ3n) is 3.49. The Labute approximate surface area is 133 Å². The molecule has 110 valence electrons. The fourth-order valence-electron chi connectivity index (χ4n) is 2.14. The van der Waals surface area contributed by atoms with E-state index in [4.69, 9.17) is 11.6 Å². The first kappa shape index (κ1) is 15.8. The molecule has 0 aromatic heterocycles. The first-order chi connectivity index (χ1) is 9.56. The smallest absolute Gasteiger partial charge is 0.251 e. The van der Waals surface area contributed by atoms with E-state index in [1.54, 1.807) is 18.2 Å². The van der Waals surface area contributed by atoms with E-state index in [0.29, 0.717) is 17.1 Å². The zero-order chi connectivity index (χ0) is 14.5. The van der Waals surface area contributed by atoms with Crippen molar-refractivity contribution in [2.75, 3.05) is 46.3 Å². The fourth-order valence-corrected chi connectivity index (χ4v) is 2.57. The molecular formula is C14H19BrClN3O. The van der Waals surface area contributed by atoms with Crippen LogP contribution in [0.1, 0.15) is 10.4 Å². The van der Waals surface area contributed by atoms with Crippen molar-refractivity contribution >= 4 is 33.4 Å². The average molecular weight is 361 g/mol. The molecule has 0 saturated carbocycles. The molecule has 1 fully saturated rings. The van der Waals surface area contributed by atoms with E-state index in [0.717, 1.165) is 37.2 Å². The summed E-state index contributed by atoms with van der Waals surface area (Å²) in [7, 11) is 2.14. The van der Waals surface area contributed by atoms with E-state index in [1.807, 2.05) is 0 Å². The van der Waals surface area contributed by atoms with E-state index >= 15 is 0 Å². The molecular weight excluding hydrogens is 342 g/mol. The van der Waals surface area contributed by atoms with Gasteiger partial charge in [0.2, 0.25) is 0 Å². The fraction of sp³-hybridized carbons (Fsp3) is 0.500. The van der Waals surface area contributed by atoms with Gasteiger partial charge in [0.15, 0.2) is 0 Å². The van der Waals surface area contributed by atoms with Gasteiger partial charge < -0.3 is 10.2 Å². The largest absolute Gasteiger partial charge is 0.351 e. The molecule has 1 heterocycles. The lowest BCUT2D eigenvalue weighted by Gasteiger charge is -2.32. The molecule has 1 N–H and O–H groups in total. The van der Waals surface area contributed by atoms with Gasteiger partial charge in [-0.15, -0.1) is 0 Å². The minimum Gasteiger partial charge on any atom is -0.351 e. The molecule has 6 heteroatoms. The van der Waals surface area contributed by atoms with Crippen LogP contribution >= 0.6 is 27.5 Å². The van der Waals surface area contributed by atoms with Crippen LogP contribution in [0.3, 0.4) is 0 Å². The number of likely N-dealkylation sites (N-methyl/N-ethyl adjacent to an activating group) is 1. The number of rotatable bonds is 4. The van der Waals surface area contributed by atoms with Gasteiger partial charge in [0, 0.05) is 49.3 Å². The van der Waals surface area contributed by atoms with Crippen LogP contribution in [0.15, 0.2) is 22.7 Å². The summed E-state index contributed by atoms with van der Waals surface area (Å²) < 4.78 is 0.799. The van der Waals surface area contributed by atoms with Crippen LogP contribution in [0.5, 0.6) is 0 Å². The van der Waals surface area contributed by atoms with Crippen molar-refractivity contribution in [1.29, 1.82) is 0 Å². The highest BCUT2D eigenvalue weighted by Crippen LogP contribution is 2.23. The second-order valence-electron chi connectivity index (χ2n) is 5.03. The lowest BCUT2D eigenvalue weighted by atomic mass is 10.2. The molecule has 2 rings (SSSR count). The summed E-state index contributed by atoms with van der Waals surface area (Å²) in [6, 6.07) is 5.23. The summed E-state index contributed by atoms with van der Waals surface area (Å²) in [6.07, 6.45) is 0. The molecule has 1 aliphatic heterocycles. The van der Waals surface area contributed by atoms with Crippen LogP contribution in [0.4, 0.5) is 0 Å². The van der Waals surface area contributed by atoms with Crippen molar-refractivity contribution in [3.63, 3.8) is 0 Å². The Morgan fingerprint density at radius 2 is 2.05 bits per heavy atom. The van der Waals surface area contributed by atoms with Crippen LogP contribution in [0.2, 0.25) is 5.02 Å². The maximum absolute atomic E-state index is 12.0. The first-order valence-electron chi connectivity index (χ1n) is 6.70. The summed E-state index contributed by atoms with van der Waals surface area (Å²) in [5.74, 6) is -0.0754. The van der Waals surface area contributed by atoms with Gasteiger partial charge in [0.05, 0.1) is 5.02 Å². The second kappa shape index (κ2) is 7.41. The van der Waals surface area contributed by atoms with Gasteiger partial charge in [-0.3, -0.25) is 9.69 Å². The van der Waals surface area contributed by atoms with Crippen LogP contribution in [0.25, 0.3) is 0 Å². The lowest BCUT2D eigenvalue weighted by molar-refractivity contribution is 0.0941. The summed E-state index contributed by atoms with van der Waals surface area (Å²) in [6.45, 7) is 5.87. The Hall–Kier alpha value is -0.620. The first-order valence-corrected chi connectivity index (χ1v) is 7.87. The summed E-state index contributed by atoms with van der Waals surface area (Å²) in [5, 5.41) is 3.49. The van der Waals surface area contributed by atoms with Crippen LogP contribution in [0, 0.1) is 0 Å². The van der Waals surface area contributed by atoms with Gasteiger partial charge in [-0.05, 0) is 41.2 Å². The summed E-state index contributed by atoms with van der Waals surface area (Å²) in [4.78, 5) is 16.7. The Morgan fingerprint density at radius 3 is 2.70 bits per heavy atom. The number of nitrogens with zero attached hydrogens (tertiary/aromatic N) is 2. The minimum atomic E-state index is -0.0754. The second-order valence-corrected chi connectivity index (χ2v) is 6.29. The monoisotopic (exact) mass is 359 g/mol. The van der Waals surface area contributed by atoms with Crippen LogP contribution < -0.4 is 5.32 Å². The number of hydrogen-bond donors (Lipinski definition) is 1. The van der Waals surface area contributed by atoms with Crippen molar-refractivity contribution in [1.82, 2.24) is 15.1 Å². The van der Waals surface area contributed by atoms with E-state index in [9.17, 15) is 4.79 Å². The number of carbonyl (C=O) groups excluding carboxylic acids is 1. The lowest BCUT2D eigenvalue weighted by Crippen LogP contribution is -2.46. The minimum absolute atomic E-state index is 0.0754. The number of nitrogens with one attached hydrogen (secondary N) is 1. The number of carbonyl (C=O) groups is 1. The van der Waals surface area contributed by atoms with Crippen LogP contribution in [-0.4, -0.2) is 62.0 Å². The number of hydrogen-bond acceptors (Lipinski definition) is 3. The Morgan fingerprint density at radius 1 is 1.35 bits per heavy atom. The SMILES string of the molecule is CN1CCN(CCNC(=O)c2ccc(Br)c(Cl)c2)CC1. The Bertz CT molecular complexity index is 475. The van der Waals surface area contributed by atoms with Gasteiger partial charge in [-0.1, -0.05) is 11.6 Å². The molecule has 1 saturated heterocycles. The van der Waals surface area contributed by atoms with E-state index in [2.05, 4.69) is 38.1 Å². The molecule has 1 aromatic rings. The quantitative estimate of drug-likeness (QED) is 0.893. The standard InChI is InChI=1S/C14H19BrClN3O/c1-18-6-8-19(9-7-18)5-4-17-14(20)11-2-3-12(15)13(16)10-11/h2-3,10H,4-9H2,1H3,(H,17,20). The van der Waals surface area contributed by atoms with Gasteiger partial charge >= 0.3 is 0 Å². The topological polar surface area (TPSA) is 35.6 Å². The third kappa shape index (κ3) is 4.45. The highest BCUT2D eigenvalue weighted by atomic mass is 79.9. The molecule has 0 bridgehead atoms. The Kier molecular flexibility index (Phi) is 5.84. The molecule has 0 spiro atoms. The molecule has 0 atom stereocenters. The van der Waals surface area contributed by atoms with Crippen molar-refractivity contribution in [2.24, 2.45) is 0 Å². The zero-order valence-electron chi connectivity index (χ0n) is 11.5. The molecule has 1 aliphatic rings.